The molecule has 4 aromatic carbocycles. The number of hydroxylamine groups is 1. The van der Waals surface area contributed by atoms with Crippen LogP contribution in [0.1, 0.15) is 58.2 Å². The molecule has 0 saturated heterocycles. The Morgan fingerprint density at radius 1 is 0.792 bits per heavy atom. The Morgan fingerprint density at radius 2 is 1.48 bits per heavy atom. The van der Waals surface area contributed by atoms with Crippen LogP contribution in [0.15, 0.2) is 77.8 Å². The highest BCUT2D eigenvalue weighted by atomic mass is 16.7. The first-order valence-electron chi connectivity index (χ1n) is 15.2. The van der Waals surface area contributed by atoms with Crippen molar-refractivity contribution in [3.63, 3.8) is 0 Å². The van der Waals surface area contributed by atoms with Crippen molar-refractivity contribution in [1.29, 1.82) is 0 Å². The molecule has 48 heavy (non-hydrogen) atoms. The molecular formula is C37H38N4O7. The number of ether oxygens (including phenoxy) is 3. The highest BCUT2D eigenvalue weighted by molar-refractivity contribution is 6.06. The minimum Gasteiger partial charge on any atom is -0.493 e. The molecule has 2 N–H and O–H groups in total. The van der Waals surface area contributed by atoms with Crippen LogP contribution >= 0.6 is 0 Å². The van der Waals surface area contributed by atoms with Crippen LogP contribution in [0.25, 0.3) is 11.1 Å². The standard InChI is InChI=1S/C37H38N4O7/c1-22-12-14-27(20-30(22)40-35(43)24-13-15-29-25(17-24)16-23-10-8-9-11-28(23)29)41(37(2,3)4)48-36(44)39-21-38-34(42)26-18-31(45-5)33(47-7)32(19-26)46-6/h8-15,17-21H,16H2,1-7H3,(H,40,43)(H,38,39,42,44). The van der Waals surface area contributed by atoms with E-state index in [-0.39, 0.29) is 11.5 Å². The molecule has 1 aliphatic rings. The Bertz CT molecular complexity index is 1890. The van der Waals surface area contributed by atoms with E-state index in [0.29, 0.717) is 34.2 Å². The molecule has 248 valence electrons. The fraction of sp³-hybridized carbons (Fsp3) is 0.243. The average Bonchev–Trinajstić information content (AvgIpc) is 3.45. The third kappa shape index (κ3) is 7.10. The summed E-state index contributed by atoms with van der Waals surface area (Å²) in [5.41, 5.74) is 6.65. The molecule has 1 aliphatic carbocycles. The van der Waals surface area contributed by atoms with Gasteiger partial charge in [0.25, 0.3) is 11.8 Å². The maximum atomic E-state index is 13.4. The van der Waals surface area contributed by atoms with Crippen molar-refractivity contribution in [3.05, 3.63) is 101 Å². The highest BCUT2D eigenvalue weighted by Gasteiger charge is 2.27. The summed E-state index contributed by atoms with van der Waals surface area (Å²) in [6, 6.07) is 22.3. The number of hydrogen-bond donors (Lipinski definition) is 2. The van der Waals surface area contributed by atoms with E-state index in [0.717, 1.165) is 29.4 Å². The number of nitrogens with one attached hydrogen (secondary N) is 2. The zero-order valence-corrected chi connectivity index (χ0v) is 28.0. The van der Waals surface area contributed by atoms with E-state index in [2.05, 4.69) is 27.8 Å². The first-order chi connectivity index (χ1) is 22.9. The van der Waals surface area contributed by atoms with Gasteiger partial charge in [0.1, 0.15) is 6.34 Å². The lowest BCUT2D eigenvalue weighted by molar-refractivity contribution is 0.0975. The quantitative estimate of drug-likeness (QED) is 0.0996. The SMILES string of the molecule is COc1cc(C(=O)NC=NC(=O)ON(c2ccc(C)c(NC(=O)c3ccc4c(c3)Cc3ccccc3-4)c2)C(C)(C)C)cc(OC)c1OC. The number of rotatable bonds is 9. The average molecular weight is 651 g/mol. The van der Waals surface area contributed by atoms with Gasteiger partial charge in [-0.05, 0) is 98.3 Å². The molecule has 0 unspecified atom stereocenters. The Labute approximate surface area is 279 Å². The van der Waals surface area contributed by atoms with Crippen molar-refractivity contribution >= 4 is 35.6 Å². The van der Waals surface area contributed by atoms with Crippen LogP contribution < -0.4 is 29.9 Å². The Balaban J connectivity index is 1.28. The molecule has 0 fully saturated rings. The predicted octanol–water partition coefficient (Wildman–Crippen LogP) is 6.96. The molecule has 0 spiro atoms. The Hall–Kier alpha value is -5.84. The monoisotopic (exact) mass is 650 g/mol. The summed E-state index contributed by atoms with van der Waals surface area (Å²) in [5, 5.41) is 6.86. The van der Waals surface area contributed by atoms with Crippen molar-refractivity contribution in [3.8, 4) is 28.4 Å². The molecule has 0 radical (unpaired) electrons. The van der Waals surface area contributed by atoms with Gasteiger partial charge in [0.2, 0.25) is 5.75 Å². The van der Waals surface area contributed by atoms with E-state index in [1.165, 1.54) is 49.7 Å². The summed E-state index contributed by atoms with van der Waals surface area (Å²) >= 11 is 0. The Kier molecular flexibility index (Phi) is 9.69. The number of nitrogens with zero attached hydrogens (tertiary/aromatic N) is 2. The van der Waals surface area contributed by atoms with Crippen LogP contribution in [0.2, 0.25) is 0 Å². The van der Waals surface area contributed by atoms with Crippen LogP contribution in [0.4, 0.5) is 16.2 Å². The molecule has 11 heteroatoms. The number of aliphatic imine (C=N–C) groups is 1. The van der Waals surface area contributed by atoms with Gasteiger partial charge >= 0.3 is 6.09 Å². The van der Waals surface area contributed by atoms with Crippen molar-refractivity contribution < 1.29 is 33.4 Å². The molecule has 0 aliphatic heterocycles. The number of carbonyl (C=O) groups is 3. The van der Waals surface area contributed by atoms with Crippen LogP contribution in [0.5, 0.6) is 17.2 Å². The largest absolute Gasteiger partial charge is 0.493 e. The molecule has 0 saturated carbocycles. The van der Waals surface area contributed by atoms with Crippen LogP contribution in [0, 0.1) is 6.92 Å². The molecule has 0 aromatic heterocycles. The molecule has 3 amide bonds. The second kappa shape index (κ2) is 13.9. The number of anilines is 2. The second-order valence-electron chi connectivity index (χ2n) is 12.1. The predicted molar refractivity (Wildman–Crippen MR) is 185 cm³/mol. The number of hydrogen-bond acceptors (Lipinski definition) is 8. The number of carbonyl (C=O) groups excluding carboxylic acids is 3. The maximum Gasteiger partial charge on any atom is 0.459 e. The van der Waals surface area contributed by atoms with E-state index in [9.17, 15) is 14.4 Å². The fourth-order valence-corrected chi connectivity index (χ4v) is 5.47. The van der Waals surface area contributed by atoms with Crippen molar-refractivity contribution in [2.45, 2.75) is 39.7 Å². The summed E-state index contributed by atoms with van der Waals surface area (Å²) in [6.07, 6.45) is 0.759. The maximum absolute atomic E-state index is 13.4. The van der Waals surface area contributed by atoms with Gasteiger partial charge in [-0.1, -0.05) is 36.4 Å². The van der Waals surface area contributed by atoms with Gasteiger partial charge in [0.05, 0.1) is 32.6 Å². The minimum atomic E-state index is -0.972. The molecule has 0 atom stereocenters. The first kappa shape index (κ1) is 33.5. The third-order valence-electron chi connectivity index (χ3n) is 7.83. The summed E-state index contributed by atoms with van der Waals surface area (Å²) < 4.78 is 15.9. The van der Waals surface area contributed by atoms with Crippen LogP contribution in [-0.4, -0.2) is 51.1 Å². The van der Waals surface area contributed by atoms with Crippen LogP contribution in [0.3, 0.4) is 0 Å². The molecular weight excluding hydrogens is 612 g/mol. The number of amides is 3. The third-order valence-corrected chi connectivity index (χ3v) is 7.83. The lowest BCUT2D eigenvalue weighted by atomic mass is 10.0. The van der Waals surface area contributed by atoms with Gasteiger partial charge in [0, 0.05) is 16.8 Å². The summed E-state index contributed by atoms with van der Waals surface area (Å²) in [7, 11) is 4.34. The summed E-state index contributed by atoms with van der Waals surface area (Å²) in [5.74, 6) is 0.118. The number of fused-ring (bicyclic) bond motifs is 3. The van der Waals surface area contributed by atoms with Gasteiger partial charge in [-0.3, -0.25) is 9.59 Å². The van der Waals surface area contributed by atoms with Gasteiger partial charge in [0.15, 0.2) is 11.5 Å². The van der Waals surface area contributed by atoms with Crippen molar-refractivity contribution in [2.75, 3.05) is 31.7 Å². The number of aryl methyl sites for hydroxylation is 1. The zero-order chi connectivity index (χ0) is 34.6. The highest BCUT2D eigenvalue weighted by Crippen LogP contribution is 2.39. The molecule has 0 bridgehead atoms. The van der Waals surface area contributed by atoms with Crippen LogP contribution in [-0.2, 0) is 11.3 Å². The fourth-order valence-electron chi connectivity index (χ4n) is 5.47. The van der Waals surface area contributed by atoms with E-state index in [1.807, 2.05) is 64.1 Å². The Morgan fingerprint density at radius 3 is 2.15 bits per heavy atom. The van der Waals surface area contributed by atoms with E-state index in [1.54, 1.807) is 12.1 Å². The minimum absolute atomic E-state index is 0.194. The summed E-state index contributed by atoms with van der Waals surface area (Å²) in [4.78, 5) is 48.4. The van der Waals surface area contributed by atoms with Gasteiger partial charge in [-0.25, -0.2) is 4.79 Å². The van der Waals surface area contributed by atoms with E-state index < -0.39 is 17.5 Å². The lowest BCUT2D eigenvalue weighted by Crippen LogP contribution is -2.42. The van der Waals surface area contributed by atoms with Gasteiger partial charge < -0.3 is 29.7 Å². The first-order valence-corrected chi connectivity index (χ1v) is 15.2. The second-order valence-corrected chi connectivity index (χ2v) is 12.1. The molecule has 0 heterocycles. The van der Waals surface area contributed by atoms with Gasteiger partial charge in [-0.15, -0.1) is 0 Å². The lowest BCUT2D eigenvalue weighted by Gasteiger charge is -2.34. The molecule has 11 nitrogen and oxygen atoms in total. The van der Waals surface area contributed by atoms with Crippen molar-refractivity contribution in [1.82, 2.24) is 5.32 Å². The van der Waals surface area contributed by atoms with Crippen molar-refractivity contribution in [2.24, 2.45) is 4.99 Å². The summed E-state index contributed by atoms with van der Waals surface area (Å²) in [6.45, 7) is 7.46. The normalized spacial score (nSPS) is 11.7. The van der Waals surface area contributed by atoms with E-state index in [4.69, 9.17) is 19.0 Å². The zero-order valence-electron chi connectivity index (χ0n) is 28.0. The number of benzene rings is 4. The van der Waals surface area contributed by atoms with Gasteiger partial charge in [-0.2, -0.15) is 10.1 Å². The topological polar surface area (TPSA) is 128 Å². The van der Waals surface area contributed by atoms with E-state index >= 15 is 0 Å². The molecule has 5 rings (SSSR count). The molecule has 4 aromatic rings. The number of methoxy groups -OCH3 is 3. The smallest absolute Gasteiger partial charge is 0.459 e.